The van der Waals surface area contributed by atoms with Crippen LogP contribution in [0.15, 0.2) is 24.3 Å². The molecule has 1 aromatic carbocycles. The molecule has 1 aliphatic carbocycles. The Morgan fingerprint density at radius 2 is 1.97 bits per heavy atom. The summed E-state index contributed by atoms with van der Waals surface area (Å²) in [5.41, 5.74) is 2.19. The third-order valence-corrected chi connectivity index (χ3v) is 8.28. The molecule has 1 saturated carbocycles. The van der Waals surface area contributed by atoms with Crippen molar-refractivity contribution >= 4 is 51.6 Å². The molecule has 3 atom stereocenters. The molecule has 2 amide bonds. The summed E-state index contributed by atoms with van der Waals surface area (Å²) in [5, 5.41) is 7.95. The van der Waals surface area contributed by atoms with Crippen LogP contribution in [0.25, 0.3) is 10.9 Å². The topological polar surface area (TPSA) is 116 Å². The molecule has 0 spiro atoms. The second-order valence-corrected chi connectivity index (χ2v) is 11.0. The fraction of sp³-hybridized carbons (Fsp3) is 0.440. The number of esters is 1. The van der Waals surface area contributed by atoms with Crippen molar-refractivity contribution in [2.75, 3.05) is 20.7 Å². The standard InChI is InChI=1S/C25H28ClN5O4S/c1-31-8-7-18-21(12-31)36-24(30-18)23(33)29-19-10-13(25(34)35-2)3-5-17(19)28-22(32)20-11-14-9-15(26)4-6-16(14)27-20/h4,6,9,11,13,17,19,27H,3,5,7-8,10,12H2,1-2H3,(H,28,32)(H,29,33)/t13-,17+,19+/m1/s1. The number of aromatic nitrogens is 2. The molecular formula is C25H28ClN5O4S. The van der Waals surface area contributed by atoms with Gasteiger partial charge in [-0.2, -0.15) is 0 Å². The van der Waals surface area contributed by atoms with E-state index in [9.17, 15) is 14.4 Å². The Bertz CT molecular complexity index is 1320. The largest absolute Gasteiger partial charge is 0.469 e. The fourth-order valence-electron chi connectivity index (χ4n) is 5.01. The summed E-state index contributed by atoms with van der Waals surface area (Å²) in [6.45, 7) is 1.69. The number of thiazole rings is 1. The lowest BCUT2D eigenvalue weighted by atomic mass is 9.82. The minimum atomic E-state index is -0.443. The molecule has 2 aliphatic rings. The normalized spacial score (nSPS) is 22.1. The van der Waals surface area contributed by atoms with Crippen LogP contribution in [-0.2, 0) is 22.5 Å². The van der Waals surface area contributed by atoms with Gasteiger partial charge in [-0.1, -0.05) is 11.6 Å². The number of H-pyrrole nitrogens is 1. The van der Waals surface area contributed by atoms with Crippen LogP contribution < -0.4 is 10.6 Å². The van der Waals surface area contributed by atoms with E-state index in [-0.39, 0.29) is 29.7 Å². The SMILES string of the molecule is COC(=O)[C@@H]1CC[C@H](NC(=O)c2cc3cc(Cl)ccc3[nH]2)[C@@H](NC(=O)c2nc3c(s2)CN(C)CC3)C1. The number of amides is 2. The Morgan fingerprint density at radius 3 is 2.78 bits per heavy atom. The van der Waals surface area contributed by atoms with Crippen molar-refractivity contribution in [3.05, 3.63) is 50.6 Å². The van der Waals surface area contributed by atoms with Gasteiger partial charge in [0.15, 0.2) is 5.01 Å². The molecule has 0 saturated heterocycles. The Kier molecular flexibility index (Phi) is 7.00. The number of carbonyl (C=O) groups excluding carboxylic acids is 3. The molecule has 2 aromatic heterocycles. The number of carbonyl (C=O) groups is 3. The zero-order chi connectivity index (χ0) is 25.4. The second-order valence-electron chi connectivity index (χ2n) is 9.48. The average molecular weight is 530 g/mol. The van der Waals surface area contributed by atoms with Gasteiger partial charge in [-0.05, 0) is 50.6 Å². The number of ether oxygens (including phenoxy) is 1. The highest BCUT2D eigenvalue weighted by molar-refractivity contribution is 7.13. The van der Waals surface area contributed by atoms with E-state index in [1.807, 2.05) is 13.1 Å². The van der Waals surface area contributed by atoms with E-state index in [2.05, 4.69) is 25.5 Å². The first-order valence-electron chi connectivity index (χ1n) is 12.0. The first-order chi connectivity index (χ1) is 17.3. The van der Waals surface area contributed by atoms with Gasteiger partial charge in [-0.25, -0.2) is 4.98 Å². The van der Waals surface area contributed by atoms with Crippen LogP contribution in [0.5, 0.6) is 0 Å². The van der Waals surface area contributed by atoms with Gasteiger partial charge in [0.25, 0.3) is 11.8 Å². The molecule has 0 bridgehead atoms. The van der Waals surface area contributed by atoms with Crippen molar-refractivity contribution in [3.8, 4) is 0 Å². The van der Waals surface area contributed by atoms with Crippen LogP contribution in [0.4, 0.5) is 0 Å². The summed E-state index contributed by atoms with van der Waals surface area (Å²) < 4.78 is 4.95. The molecule has 3 heterocycles. The molecule has 11 heteroatoms. The first-order valence-corrected chi connectivity index (χ1v) is 13.1. The maximum absolute atomic E-state index is 13.2. The first kappa shape index (κ1) is 24.7. The second kappa shape index (κ2) is 10.2. The summed E-state index contributed by atoms with van der Waals surface area (Å²) in [7, 11) is 3.41. The minimum absolute atomic E-state index is 0.282. The van der Waals surface area contributed by atoms with Crippen LogP contribution in [0.2, 0.25) is 5.02 Å². The maximum atomic E-state index is 13.2. The van der Waals surface area contributed by atoms with Crippen LogP contribution in [-0.4, -0.2) is 65.4 Å². The van der Waals surface area contributed by atoms with Crippen molar-refractivity contribution in [3.63, 3.8) is 0 Å². The molecule has 5 rings (SSSR count). The van der Waals surface area contributed by atoms with Crippen molar-refractivity contribution in [2.24, 2.45) is 5.92 Å². The van der Waals surface area contributed by atoms with Crippen LogP contribution >= 0.6 is 22.9 Å². The quantitative estimate of drug-likeness (QED) is 0.437. The highest BCUT2D eigenvalue weighted by Crippen LogP contribution is 2.29. The Labute approximate surface area is 217 Å². The van der Waals surface area contributed by atoms with Gasteiger partial charge >= 0.3 is 5.97 Å². The van der Waals surface area contributed by atoms with E-state index < -0.39 is 6.04 Å². The van der Waals surface area contributed by atoms with E-state index >= 15 is 0 Å². The Balaban J connectivity index is 1.33. The van der Waals surface area contributed by atoms with E-state index in [1.165, 1.54) is 18.4 Å². The average Bonchev–Trinajstić information content (AvgIpc) is 3.48. The third kappa shape index (κ3) is 5.11. The van der Waals surface area contributed by atoms with E-state index in [4.69, 9.17) is 16.3 Å². The predicted molar refractivity (Wildman–Crippen MR) is 137 cm³/mol. The number of benzene rings is 1. The van der Waals surface area contributed by atoms with Gasteiger partial charge in [-0.15, -0.1) is 11.3 Å². The number of aromatic amines is 1. The number of rotatable bonds is 5. The number of hydrogen-bond donors (Lipinski definition) is 3. The van der Waals surface area contributed by atoms with Gasteiger partial charge in [-0.3, -0.25) is 14.4 Å². The maximum Gasteiger partial charge on any atom is 0.308 e. The van der Waals surface area contributed by atoms with Gasteiger partial charge in [0, 0.05) is 46.4 Å². The zero-order valence-electron chi connectivity index (χ0n) is 20.1. The van der Waals surface area contributed by atoms with Crippen molar-refractivity contribution in [1.82, 2.24) is 25.5 Å². The number of nitrogens with zero attached hydrogens (tertiary/aromatic N) is 2. The van der Waals surface area contributed by atoms with E-state index in [0.717, 1.165) is 41.0 Å². The number of halogens is 1. The minimum Gasteiger partial charge on any atom is -0.469 e. The summed E-state index contributed by atoms with van der Waals surface area (Å²) in [6, 6.07) is 6.34. The lowest BCUT2D eigenvalue weighted by molar-refractivity contribution is -0.146. The van der Waals surface area contributed by atoms with Gasteiger partial charge < -0.3 is 25.3 Å². The number of likely N-dealkylation sites (N-methyl/N-ethyl adjacent to an activating group) is 1. The molecule has 190 valence electrons. The van der Waals surface area contributed by atoms with Crippen molar-refractivity contribution in [2.45, 2.75) is 44.3 Å². The molecule has 9 nitrogen and oxygen atoms in total. The number of methoxy groups -OCH3 is 1. The Morgan fingerprint density at radius 1 is 1.17 bits per heavy atom. The molecule has 3 N–H and O–H groups in total. The van der Waals surface area contributed by atoms with Crippen LogP contribution in [0, 0.1) is 5.92 Å². The molecule has 3 aromatic rings. The zero-order valence-corrected chi connectivity index (χ0v) is 21.7. The van der Waals surface area contributed by atoms with E-state index in [0.29, 0.717) is 35.0 Å². The van der Waals surface area contributed by atoms with Gasteiger partial charge in [0.1, 0.15) is 5.69 Å². The summed E-state index contributed by atoms with van der Waals surface area (Å²) in [5.74, 6) is -1.22. The lowest BCUT2D eigenvalue weighted by Gasteiger charge is -2.35. The number of nitrogens with one attached hydrogen (secondary N) is 3. The van der Waals surface area contributed by atoms with Crippen LogP contribution in [0.1, 0.15) is 50.1 Å². The van der Waals surface area contributed by atoms with Gasteiger partial charge in [0.2, 0.25) is 0 Å². The molecule has 1 aliphatic heterocycles. The van der Waals surface area contributed by atoms with E-state index in [1.54, 1.807) is 18.2 Å². The Hall–Kier alpha value is -2.95. The molecule has 0 unspecified atom stereocenters. The lowest BCUT2D eigenvalue weighted by Crippen LogP contribution is -2.55. The molecular weight excluding hydrogens is 502 g/mol. The number of fused-ring (bicyclic) bond motifs is 2. The molecule has 0 radical (unpaired) electrons. The summed E-state index contributed by atoms with van der Waals surface area (Å²) in [4.78, 5) is 49.5. The fourth-order valence-corrected chi connectivity index (χ4v) is 6.28. The molecule has 36 heavy (non-hydrogen) atoms. The third-order valence-electron chi connectivity index (χ3n) is 6.96. The highest BCUT2D eigenvalue weighted by atomic mass is 35.5. The monoisotopic (exact) mass is 529 g/mol. The van der Waals surface area contributed by atoms with Crippen LogP contribution in [0.3, 0.4) is 0 Å². The van der Waals surface area contributed by atoms with Crippen molar-refractivity contribution < 1.29 is 19.1 Å². The van der Waals surface area contributed by atoms with Gasteiger partial charge in [0.05, 0.1) is 24.8 Å². The summed E-state index contributed by atoms with van der Waals surface area (Å²) in [6.07, 6.45) is 2.28. The predicted octanol–water partition coefficient (Wildman–Crippen LogP) is 3.14. The number of hydrogen-bond acceptors (Lipinski definition) is 7. The highest BCUT2D eigenvalue weighted by Gasteiger charge is 2.37. The molecule has 1 fully saturated rings. The summed E-state index contributed by atoms with van der Waals surface area (Å²) >= 11 is 7.48. The smallest absolute Gasteiger partial charge is 0.308 e. The van der Waals surface area contributed by atoms with Crippen molar-refractivity contribution in [1.29, 1.82) is 0 Å².